The number of halogens is 1. The first-order chi connectivity index (χ1) is 7.77. The summed E-state index contributed by atoms with van der Waals surface area (Å²) in [5, 5.41) is 1.54. The number of fused-ring (bicyclic) bond motifs is 1. The van der Waals surface area contributed by atoms with Crippen LogP contribution in [0.25, 0.3) is 10.9 Å². The van der Waals surface area contributed by atoms with Crippen LogP contribution < -0.4 is 0 Å². The van der Waals surface area contributed by atoms with Crippen LogP contribution in [0, 0.1) is 0 Å². The maximum atomic E-state index is 5.95. The Morgan fingerprint density at radius 2 is 2.06 bits per heavy atom. The third-order valence-electron chi connectivity index (χ3n) is 2.79. The number of para-hydroxylation sites is 1. The number of aromatic nitrogens is 1. The molecule has 16 heavy (non-hydrogen) atoms. The van der Waals surface area contributed by atoms with Crippen LogP contribution in [0.15, 0.2) is 36.5 Å². The molecule has 1 aromatic heterocycles. The van der Waals surface area contributed by atoms with Crippen molar-refractivity contribution in [3.05, 3.63) is 42.1 Å². The highest BCUT2D eigenvalue weighted by Crippen LogP contribution is 2.18. The average Bonchev–Trinajstić information content (AvgIpc) is 2.29. The van der Waals surface area contributed by atoms with Crippen LogP contribution in [-0.2, 0) is 6.42 Å². The molecule has 0 aliphatic carbocycles. The molecule has 0 amide bonds. The molecule has 2 aromatic rings. The third-order valence-corrected chi connectivity index (χ3v) is 3.01. The van der Waals surface area contributed by atoms with E-state index in [-0.39, 0.29) is 5.38 Å². The van der Waals surface area contributed by atoms with Crippen molar-refractivity contribution in [2.75, 3.05) is 0 Å². The van der Waals surface area contributed by atoms with Gasteiger partial charge < -0.3 is 0 Å². The second-order valence-corrected chi connectivity index (χ2v) is 4.91. The second-order valence-electron chi connectivity index (χ2n) is 4.16. The smallest absolute Gasteiger partial charge is 0.0704 e. The van der Waals surface area contributed by atoms with Gasteiger partial charge >= 0.3 is 0 Å². The SMILES string of the molecule is CC(Cl)CCCc1ccnc2ccccc12. The number of benzene rings is 1. The fourth-order valence-corrected chi connectivity index (χ4v) is 2.10. The second kappa shape index (κ2) is 5.31. The average molecular weight is 234 g/mol. The summed E-state index contributed by atoms with van der Waals surface area (Å²) in [6.45, 7) is 2.05. The molecule has 1 heterocycles. The molecule has 0 aliphatic heterocycles. The fraction of sp³-hybridized carbons (Fsp3) is 0.357. The molecular formula is C14H16ClN. The van der Waals surface area contributed by atoms with Gasteiger partial charge in [0.25, 0.3) is 0 Å². The van der Waals surface area contributed by atoms with Crippen molar-refractivity contribution >= 4 is 22.5 Å². The van der Waals surface area contributed by atoms with Gasteiger partial charge in [0.15, 0.2) is 0 Å². The lowest BCUT2D eigenvalue weighted by atomic mass is 10.0. The lowest BCUT2D eigenvalue weighted by molar-refractivity contribution is 0.725. The zero-order valence-electron chi connectivity index (χ0n) is 9.49. The van der Waals surface area contributed by atoms with Crippen molar-refractivity contribution in [1.82, 2.24) is 4.98 Å². The van der Waals surface area contributed by atoms with E-state index in [0.29, 0.717) is 0 Å². The van der Waals surface area contributed by atoms with Crippen LogP contribution in [0.3, 0.4) is 0 Å². The van der Waals surface area contributed by atoms with Gasteiger partial charge in [0.1, 0.15) is 0 Å². The molecule has 2 rings (SSSR count). The molecule has 1 aromatic carbocycles. The predicted molar refractivity (Wildman–Crippen MR) is 70.0 cm³/mol. The minimum absolute atomic E-state index is 0.271. The summed E-state index contributed by atoms with van der Waals surface area (Å²) in [6, 6.07) is 10.4. The Labute approximate surface area is 101 Å². The molecule has 0 bridgehead atoms. The Morgan fingerprint density at radius 1 is 1.25 bits per heavy atom. The molecule has 0 saturated heterocycles. The molecular weight excluding hydrogens is 218 g/mol. The normalized spacial score (nSPS) is 12.9. The fourth-order valence-electron chi connectivity index (χ4n) is 1.95. The number of alkyl halides is 1. The molecule has 0 saturated carbocycles. The molecule has 0 radical (unpaired) electrons. The van der Waals surface area contributed by atoms with Gasteiger partial charge in [-0.05, 0) is 43.9 Å². The van der Waals surface area contributed by atoms with E-state index in [0.717, 1.165) is 24.8 Å². The predicted octanol–water partition coefficient (Wildman–Crippen LogP) is 4.18. The number of pyridine rings is 1. The van der Waals surface area contributed by atoms with Gasteiger partial charge in [-0.2, -0.15) is 0 Å². The van der Waals surface area contributed by atoms with Crippen molar-refractivity contribution in [1.29, 1.82) is 0 Å². The quantitative estimate of drug-likeness (QED) is 0.722. The van der Waals surface area contributed by atoms with E-state index in [1.807, 2.05) is 19.2 Å². The maximum absolute atomic E-state index is 5.95. The van der Waals surface area contributed by atoms with Crippen molar-refractivity contribution in [2.24, 2.45) is 0 Å². The molecule has 0 spiro atoms. The van der Waals surface area contributed by atoms with Gasteiger partial charge in [0.2, 0.25) is 0 Å². The Balaban J connectivity index is 2.17. The summed E-state index contributed by atoms with van der Waals surface area (Å²) in [5.41, 5.74) is 2.46. The highest BCUT2D eigenvalue weighted by molar-refractivity contribution is 6.20. The Kier molecular flexibility index (Phi) is 3.79. The molecule has 1 nitrogen and oxygen atoms in total. The first kappa shape index (κ1) is 11.4. The summed E-state index contributed by atoms with van der Waals surface area (Å²) >= 11 is 5.95. The lowest BCUT2D eigenvalue weighted by Crippen LogP contribution is -1.94. The van der Waals surface area contributed by atoms with Gasteiger partial charge in [0.05, 0.1) is 5.52 Å². The Bertz CT molecular complexity index is 460. The summed E-state index contributed by atoms with van der Waals surface area (Å²) in [5.74, 6) is 0. The van der Waals surface area contributed by atoms with E-state index < -0.39 is 0 Å². The first-order valence-electron chi connectivity index (χ1n) is 5.74. The van der Waals surface area contributed by atoms with Crippen LogP contribution in [-0.4, -0.2) is 10.4 Å². The molecule has 2 heteroatoms. The van der Waals surface area contributed by atoms with Crippen LogP contribution in [0.1, 0.15) is 25.3 Å². The number of hydrogen-bond acceptors (Lipinski definition) is 1. The Hall–Kier alpha value is -1.08. The number of nitrogens with zero attached hydrogens (tertiary/aromatic N) is 1. The van der Waals surface area contributed by atoms with Crippen LogP contribution in [0.4, 0.5) is 0 Å². The summed E-state index contributed by atoms with van der Waals surface area (Å²) in [4.78, 5) is 4.36. The van der Waals surface area contributed by atoms with Gasteiger partial charge in [0, 0.05) is 17.0 Å². The summed E-state index contributed by atoms with van der Waals surface area (Å²) in [6.07, 6.45) is 5.18. The maximum Gasteiger partial charge on any atom is 0.0704 e. The van der Waals surface area contributed by atoms with Crippen molar-refractivity contribution in [3.8, 4) is 0 Å². The first-order valence-corrected chi connectivity index (χ1v) is 6.17. The molecule has 0 fully saturated rings. The molecule has 84 valence electrons. The van der Waals surface area contributed by atoms with E-state index in [1.165, 1.54) is 10.9 Å². The van der Waals surface area contributed by atoms with Gasteiger partial charge in [-0.25, -0.2) is 0 Å². The van der Waals surface area contributed by atoms with E-state index >= 15 is 0 Å². The van der Waals surface area contributed by atoms with E-state index in [1.54, 1.807) is 0 Å². The minimum atomic E-state index is 0.271. The van der Waals surface area contributed by atoms with E-state index in [4.69, 9.17) is 11.6 Å². The molecule has 0 aliphatic rings. The monoisotopic (exact) mass is 233 g/mol. The van der Waals surface area contributed by atoms with E-state index in [9.17, 15) is 0 Å². The number of hydrogen-bond donors (Lipinski definition) is 0. The molecule has 0 N–H and O–H groups in total. The van der Waals surface area contributed by atoms with Gasteiger partial charge in [-0.3, -0.25) is 4.98 Å². The largest absolute Gasteiger partial charge is 0.256 e. The third kappa shape index (κ3) is 2.73. The standard InChI is InChI=1S/C14H16ClN/c1-11(15)5-4-6-12-9-10-16-14-8-3-2-7-13(12)14/h2-3,7-11H,4-6H2,1H3. The van der Waals surface area contributed by atoms with Crippen molar-refractivity contribution in [2.45, 2.75) is 31.6 Å². The topological polar surface area (TPSA) is 12.9 Å². The minimum Gasteiger partial charge on any atom is -0.256 e. The van der Waals surface area contributed by atoms with Crippen LogP contribution in [0.2, 0.25) is 0 Å². The van der Waals surface area contributed by atoms with Crippen LogP contribution >= 0.6 is 11.6 Å². The highest BCUT2D eigenvalue weighted by Gasteiger charge is 2.02. The zero-order valence-corrected chi connectivity index (χ0v) is 10.2. The summed E-state index contributed by atoms with van der Waals surface area (Å²) in [7, 11) is 0. The molecule has 1 atom stereocenters. The van der Waals surface area contributed by atoms with Crippen molar-refractivity contribution in [3.63, 3.8) is 0 Å². The highest BCUT2D eigenvalue weighted by atomic mass is 35.5. The number of aryl methyl sites for hydroxylation is 1. The zero-order chi connectivity index (χ0) is 11.4. The van der Waals surface area contributed by atoms with Gasteiger partial charge in [-0.1, -0.05) is 18.2 Å². The number of rotatable bonds is 4. The van der Waals surface area contributed by atoms with E-state index in [2.05, 4.69) is 29.2 Å². The lowest BCUT2D eigenvalue weighted by Gasteiger charge is -2.06. The summed E-state index contributed by atoms with van der Waals surface area (Å²) < 4.78 is 0. The molecule has 1 unspecified atom stereocenters. The van der Waals surface area contributed by atoms with Crippen molar-refractivity contribution < 1.29 is 0 Å². The Morgan fingerprint density at radius 3 is 2.88 bits per heavy atom. The van der Waals surface area contributed by atoms with Crippen LogP contribution in [0.5, 0.6) is 0 Å². The van der Waals surface area contributed by atoms with Gasteiger partial charge in [-0.15, -0.1) is 11.6 Å².